The molecule has 1 aromatic heterocycles. The van der Waals surface area contributed by atoms with Crippen LogP contribution in [-0.2, 0) is 0 Å². The molecule has 84 valence electrons. The number of benzene rings is 1. The lowest BCUT2D eigenvalue weighted by Crippen LogP contribution is -1.99. The van der Waals surface area contributed by atoms with Gasteiger partial charge >= 0.3 is 0 Å². The van der Waals surface area contributed by atoms with Crippen LogP contribution < -0.4 is 5.32 Å². The van der Waals surface area contributed by atoms with Crippen LogP contribution in [0.25, 0.3) is 11.3 Å². The topological polar surface area (TPSA) is 37.8 Å². The molecule has 0 spiro atoms. The molecule has 0 amide bonds. The van der Waals surface area contributed by atoms with Crippen molar-refractivity contribution in [3.05, 3.63) is 28.5 Å². The van der Waals surface area contributed by atoms with Gasteiger partial charge in [-0.15, -0.1) is 0 Å². The average molecular weight is 302 g/mol. The molecule has 2 aromatic rings. The third kappa shape index (κ3) is 2.22. The number of aromatic nitrogens is 2. The lowest BCUT2D eigenvalue weighted by atomic mass is 10.1. The molecular formula is C10H9BrFN3S. The van der Waals surface area contributed by atoms with E-state index >= 15 is 0 Å². The smallest absolute Gasteiger partial charge is 0.168 e. The minimum absolute atomic E-state index is 0.296. The first-order valence-electron chi connectivity index (χ1n) is 4.74. The zero-order valence-electron chi connectivity index (χ0n) is 8.50. The Kier molecular flexibility index (Phi) is 3.50. The molecule has 0 aliphatic heterocycles. The Balaban J connectivity index is 2.49. The monoisotopic (exact) mass is 301 g/mol. The first-order chi connectivity index (χ1) is 7.72. The van der Waals surface area contributed by atoms with Crippen molar-refractivity contribution in [2.75, 3.05) is 11.9 Å². The lowest BCUT2D eigenvalue weighted by Gasteiger charge is -2.04. The van der Waals surface area contributed by atoms with Crippen LogP contribution in [0.4, 0.5) is 10.2 Å². The molecule has 3 nitrogen and oxygen atoms in total. The quantitative estimate of drug-likeness (QED) is 0.942. The number of nitrogens with zero attached hydrogens (tertiary/aromatic N) is 2. The van der Waals surface area contributed by atoms with E-state index in [1.165, 1.54) is 6.07 Å². The highest BCUT2D eigenvalue weighted by molar-refractivity contribution is 9.10. The van der Waals surface area contributed by atoms with Gasteiger partial charge in [0.1, 0.15) is 11.5 Å². The van der Waals surface area contributed by atoms with Gasteiger partial charge in [-0.05, 0) is 25.1 Å². The number of halogens is 2. The van der Waals surface area contributed by atoms with Crippen LogP contribution in [-0.4, -0.2) is 15.3 Å². The van der Waals surface area contributed by atoms with Gasteiger partial charge in [-0.3, -0.25) is 0 Å². The highest BCUT2D eigenvalue weighted by atomic mass is 79.9. The minimum atomic E-state index is -0.296. The second kappa shape index (κ2) is 4.88. The van der Waals surface area contributed by atoms with E-state index < -0.39 is 0 Å². The number of hydrogen-bond acceptors (Lipinski definition) is 4. The van der Waals surface area contributed by atoms with Gasteiger partial charge in [0.2, 0.25) is 0 Å². The maximum Gasteiger partial charge on any atom is 0.168 e. The maximum absolute atomic E-state index is 13.6. The van der Waals surface area contributed by atoms with Crippen LogP contribution >= 0.6 is 27.7 Å². The van der Waals surface area contributed by atoms with E-state index in [1.807, 2.05) is 6.92 Å². The molecule has 1 N–H and O–H groups in total. The molecule has 2 rings (SSSR count). The largest absolute Gasteiger partial charge is 0.368 e. The van der Waals surface area contributed by atoms with Crippen LogP contribution in [0, 0.1) is 5.82 Å². The molecule has 0 saturated carbocycles. The number of nitrogens with one attached hydrogen (secondary N) is 1. The number of hydrogen-bond donors (Lipinski definition) is 1. The summed E-state index contributed by atoms with van der Waals surface area (Å²) in [6.07, 6.45) is 0. The highest BCUT2D eigenvalue weighted by Crippen LogP contribution is 2.30. The Hall–Kier alpha value is -1.01. The summed E-state index contributed by atoms with van der Waals surface area (Å²) >= 11 is 4.38. The molecule has 0 aliphatic rings. The Morgan fingerprint density at radius 2 is 2.25 bits per heavy atom. The van der Waals surface area contributed by atoms with E-state index in [0.29, 0.717) is 17.1 Å². The van der Waals surface area contributed by atoms with Gasteiger partial charge in [0.15, 0.2) is 5.82 Å². The molecule has 0 atom stereocenters. The first kappa shape index (κ1) is 11.5. The van der Waals surface area contributed by atoms with Crippen molar-refractivity contribution in [3.8, 4) is 11.3 Å². The second-order valence-electron chi connectivity index (χ2n) is 3.12. The van der Waals surface area contributed by atoms with Crippen molar-refractivity contribution in [3.63, 3.8) is 0 Å². The molecule has 16 heavy (non-hydrogen) atoms. The number of anilines is 1. The van der Waals surface area contributed by atoms with Gasteiger partial charge in [0.05, 0.1) is 11.7 Å². The van der Waals surface area contributed by atoms with E-state index in [-0.39, 0.29) is 5.82 Å². The lowest BCUT2D eigenvalue weighted by molar-refractivity contribution is 0.630. The van der Waals surface area contributed by atoms with Gasteiger partial charge < -0.3 is 5.32 Å². The molecule has 0 saturated heterocycles. The van der Waals surface area contributed by atoms with Crippen LogP contribution in [0.2, 0.25) is 0 Å². The third-order valence-corrected chi connectivity index (χ3v) is 3.04. The summed E-state index contributed by atoms with van der Waals surface area (Å²) in [6.45, 7) is 2.69. The summed E-state index contributed by atoms with van der Waals surface area (Å²) in [5.74, 6) is 0.333. The van der Waals surface area contributed by atoms with Gasteiger partial charge in [-0.1, -0.05) is 15.9 Å². The van der Waals surface area contributed by atoms with Crippen LogP contribution in [0.3, 0.4) is 0 Å². The molecule has 0 unspecified atom stereocenters. The van der Waals surface area contributed by atoms with E-state index in [2.05, 4.69) is 30.0 Å². The summed E-state index contributed by atoms with van der Waals surface area (Å²) in [6, 6.07) is 4.77. The zero-order chi connectivity index (χ0) is 11.5. The molecule has 1 heterocycles. The third-order valence-electron chi connectivity index (χ3n) is 2.02. The molecule has 6 heteroatoms. The molecule has 0 bridgehead atoms. The first-order valence-corrected chi connectivity index (χ1v) is 6.26. The average Bonchev–Trinajstić information content (AvgIpc) is 2.70. The van der Waals surface area contributed by atoms with Crippen LogP contribution in [0.1, 0.15) is 6.92 Å². The molecular weight excluding hydrogens is 293 g/mol. The van der Waals surface area contributed by atoms with E-state index in [9.17, 15) is 4.39 Å². The Bertz CT molecular complexity index is 501. The van der Waals surface area contributed by atoms with Gasteiger partial charge in [0, 0.05) is 16.6 Å². The van der Waals surface area contributed by atoms with Crippen molar-refractivity contribution in [1.82, 2.24) is 8.75 Å². The Morgan fingerprint density at radius 1 is 1.44 bits per heavy atom. The Morgan fingerprint density at radius 3 is 3.00 bits per heavy atom. The van der Waals surface area contributed by atoms with Gasteiger partial charge in [-0.2, -0.15) is 8.75 Å². The van der Waals surface area contributed by atoms with E-state index in [4.69, 9.17) is 0 Å². The standard InChI is InChI=1S/C10H9BrFN3S/c1-2-13-10-9(14-16-15-10)7-5-6(11)3-4-8(7)12/h3-5H,2H2,1H3,(H,13,15). The number of rotatable bonds is 3. The predicted molar refractivity (Wildman–Crippen MR) is 67.2 cm³/mol. The zero-order valence-corrected chi connectivity index (χ0v) is 10.9. The van der Waals surface area contributed by atoms with Crippen molar-refractivity contribution in [2.45, 2.75) is 6.92 Å². The normalized spacial score (nSPS) is 10.4. The van der Waals surface area contributed by atoms with Crippen molar-refractivity contribution < 1.29 is 4.39 Å². The molecule has 0 aliphatic carbocycles. The van der Waals surface area contributed by atoms with Crippen molar-refractivity contribution in [1.29, 1.82) is 0 Å². The SMILES string of the molecule is CCNc1nsnc1-c1cc(Br)ccc1F. The summed E-state index contributed by atoms with van der Waals surface area (Å²) in [4.78, 5) is 0. The fraction of sp³-hybridized carbons (Fsp3) is 0.200. The fourth-order valence-corrected chi connectivity index (χ4v) is 2.23. The van der Waals surface area contributed by atoms with Gasteiger partial charge in [-0.25, -0.2) is 4.39 Å². The van der Waals surface area contributed by atoms with Gasteiger partial charge in [0.25, 0.3) is 0 Å². The minimum Gasteiger partial charge on any atom is -0.368 e. The second-order valence-corrected chi connectivity index (χ2v) is 4.56. The summed E-state index contributed by atoms with van der Waals surface area (Å²) in [5.41, 5.74) is 1.02. The molecule has 1 aromatic carbocycles. The summed E-state index contributed by atoms with van der Waals surface area (Å²) in [5, 5.41) is 3.06. The summed E-state index contributed by atoms with van der Waals surface area (Å²) in [7, 11) is 0. The maximum atomic E-state index is 13.6. The van der Waals surface area contributed by atoms with Crippen molar-refractivity contribution >= 4 is 33.5 Å². The highest BCUT2D eigenvalue weighted by Gasteiger charge is 2.14. The summed E-state index contributed by atoms with van der Waals surface area (Å²) < 4.78 is 22.7. The van der Waals surface area contributed by atoms with Crippen LogP contribution in [0.5, 0.6) is 0 Å². The fourth-order valence-electron chi connectivity index (χ4n) is 1.33. The van der Waals surface area contributed by atoms with E-state index in [1.54, 1.807) is 12.1 Å². The van der Waals surface area contributed by atoms with E-state index in [0.717, 1.165) is 22.7 Å². The molecule has 0 fully saturated rings. The predicted octanol–water partition coefficient (Wildman–Crippen LogP) is 3.54. The molecule has 0 radical (unpaired) electrons. The van der Waals surface area contributed by atoms with Crippen molar-refractivity contribution in [2.24, 2.45) is 0 Å². The Labute approximate surface area is 105 Å². The van der Waals surface area contributed by atoms with Crippen LogP contribution in [0.15, 0.2) is 22.7 Å².